The molecule has 0 spiro atoms. The topological polar surface area (TPSA) is 18.5 Å². The fourth-order valence-electron chi connectivity index (χ4n) is 0.905. The third kappa shape index (κ3) is 4.42. The van der Waals surface area contributed by atoms with Gasteiger partial charge in [0.05, 0.1) is 0 Å². The van der Waals surface area contributed by atoms with Crippen LogP contribution in [0, 0.1) is 0 Å². The summed E-state index contributed by atoms with van der Waals surface area (Å²) >= 11 is 0.571. The molecule has 0 saturated carbocycles. The minimum absolute atomic E-state index is 0.571. The van der Waals surface area contributed by atoms with Crippen molar-refractivity contribution in [2.45, 2.75) is 35.0 Å². The summed E-state index contributed by atoms with van der Waals surface area (Å²) in [6, 6.07) is -3.94. The van der Waals surface area contributed by atoms with E-state index in [0.29, 0.717) is 15.9 Å². The van der Waals surface area contributed by atoms with E-state index in [4.69, 9.17) is 0 Å². The zero-order valence-corrected chi connectivity index (χ0v) is 12.4. The third-order valence-corrected chi connectivity index (χ3v) is 2.59. The molecule has 0 aromatic heterocycles. The van der Waals surface area contributed by atoms with Crippen molar-refractivity contribution in [3.8, 4) is 0 Å². The summed E-state index contributed by atoms with van der Waals surface area (Å²) in [4.78, 5) is -6.14. The Balaban J connectivity index is 6.27. The molecule has 0 heterocycles. The highest BCUT2D eigenvalue weighted by atomic mass is 79.9. The zero-order valence-electron chi connectivity index (χ0n) is 10.9. The number of halogens is 16. The van der Waals surface area contributed by atoms with Gasteiger partial charge in [-0.05, 0) is 15.9 Å². The fraction of sp³-hybridized carbons (Fsp3) is 0.750. The van der Waals surface area contributed by atoms with Crippen LogP contribution in [0.1, 0.15) is 0 Å². The molecule has 0 amide bonds. The number of rotatable bonds is 7. The Morgan fingerprint density at radius 3 is 1.31 bits per heavy atom. The van der Waals surface area contributed by atoms with Gasteiger partial charge < -0.3 is 4.74 Å². The van der Waals surface area contributed by atoms with Gasteiger partial charge in [0.15, 0.2) is 0 Å². The second kappa shape index (κ2) is 6.83. The predicted octanol–water partition coefficient (Wildman–Crippen LogP) is 6.09. The Morgan fingerprint density at radius 2 is 1.04 bits per heavy atom. The Hall–Kier alpha value is -1.07. The first-order valence-electron chi connectivity index (χ1n) is 5.09. The largest absolute Gasteiger partial charge is 0.471 e. The third-order valence-electron chi connectivity index (χ3n) is 2.10. The van der Waals surface area contributed by atoms with E-state index in [-0.39, 0.29) is 0 Å². The molecule has 0 fully saturated rings. The van der Waals surface area contributed by atoms with Crippen LogP contribution in [0.3, 0.4) is 0 Å². The van der Waals surface area contributed by atoms with Crippen molar-refractivity contribution < 1.29 is 75.3 Å². The summed E-state index contributed by atoms with van der Waals surface area (Å²) in [6.45, 7) is 0. The van der Waals surface area contributed by atoms with Crippen LogP contribution in [0.25, 0.3) is 0 Å². The van der Waals surface area contributed by atoms with Crippen LogP contribution in [0.2, 0.25) is 0 Å². The van der Waals surface area contributed by atoms with Crippen LogP contribution in [0.4, 0.5) is 65.9 Å². The molecule has 0 aromatic rings. The molecular weight excluding hydrogens is 493 g/mol. The smallest absolute Gasteiger partial charge is 0.398 e. The maximum atomic E-state index is 13.4. The molecule has 156 valence electrons. The summed E-state index contributed by atoms with van der Waals surface area (Å²) in [5.74, 6) is -14.6. The van der Waals surface area contributed by atoms with Crippen LogP contribution >= 0.6 is 15.9 Å². The lowest BCUT2D eigenvalue weighted by molar-refractivity contribution is -0.522. The second-order valence-corrected chi connectivity index (χ2v) is 4.93. The minimum Gasteiger partial charge on any atom is -0.398 e. The van der Waals surface area contributed by atoms with Crippen LogP contribution in [0.15, 0.2) is 12.1 Å². The highest BCUT2D eigenvalue weighted by Gasteiger charge is 2.83. The quantitative estimate of drug-likeness (QED) is 0.243. The van der Waals surface area contributed by atoms with E-state index in [1.54, 1.807) is 0 Å². The normalized spacial score (nSPS) is 16.9. The number of ether oxygens (including phenoxy) is 2. The highest BCUT2D eigenvalue weighted by Crippen LogP contribution is 2.56. The molecule has 0 bridgehead atoms. The summed E-state index contributed by atoms with van der Waals surface area (Å²) in [7, 11) is 0. The monoisotopic (exact) mass is 492 g/mol. The molecule has 0 N–H and O–H groups in total. The maximum Gasteiger partial charge on any atom is 0.471 e. The lowest BCUT2D eigenvalue weighted by Gasteiger charge is -2.37. The van der Waals surface area contributed by atoms with Gasteiger partial charge in [-0.25, -0.2) is 0 Å². The average Bonchev–Trinajstić information content (AvgIpc) is 2.34. The minimum atomic E-state index is -7.51. The van der Waals surface area contributed by atoms with Crippen molar-refractivity contribution in [3.05, 3.63) is 12.1 Å². The fourth-order valence-corrected chi connectivity index (χ4v) is 1.14. The molecule has 0 aromatic carbocycles. The van der Waals surface area contributed by atoms with Crippen molar-refractivity contribution in [1.82, 2.24) is 0 Å². The summed E-state index contributed by atoms with van der Waals surface area (Å²) < 4.78 is 191. The van der Waals surface area contributed by atoms with Gasteiger partial charge in [0, 0.05) is 0 Å². The molecule has 1 unspecified atom stereocenters. The van der Waals surface area contributed by atoms with E-state index in [1.165, 1.54) is 4.74 Å². The molecule has 0 aliphatic heterocycles. The first-order chi connectivity index (χ1) is 11.0. The number of hydrogen-bond acceptors (Lipinski definition) is 2. The van der Waals surface area contributed by atoms with Crippen LogP contribution < -0.4 is 0 Å². The van der Waals surface area contributed by atoms with Gasteiger partial charge in [-0.2, -0.15) is 65.9 Å². The molecule has 18 heteroatoms. The summed E-state index contributed by atoms with van der Waals surface area (Å²) in [6.07, 6.45) is -26.0. The predicted molar refractivity (Wildman–Crippen MR) is 51.1 cm³/mol. The molecule has 0 saturated heterocycles. The SMILES string of the molecule is FC(F)=C(F)OC(F)(F)C(F)(OC(F)(F)C(F)(F)C(F)(F)Br)C(F)(F)F. The van der Waals surface area contributed by atoms with Gasteiger partial charge in [-0.3, -0.25) is 4.74 Å². The van der Waals surface area contributed by atoms with Gasteiger partial charge in [0.25, 0.3) is 0 Å². The van der Waals surface area contributed by atoms with Gasteiger partial charge in [0.2, 0.25) is 0 Å². The number of hydrogen-bond donors (Lipinski definition) is 0. The summed E-state index contributed by atoms with van der Waals surface area (Å²) in [5, 5.41) is 0. The zero-order chi connectivity index (χ0) is 21.6. The molecule has 0 radical (unpaired) electrons. The first kappa shape index (κ1) is 24.9. The van der Waals surface area contributed by atoms with E-state index < -0.39 is 47.1 Å². The van der Waals surface area contributed by atoms with Crippen molar-refractivity contribution >= 4 is 15.9 Å². The van der Waals surface area contributed by atoms with E-state index in [0.717, 1.165) is 0 Å². The van der Waals surface area contributed by atoms with Crippen molar-refractivity contribution in [2.24, 2.45) is 0 Å². The average molecular weight is 493 g/mol. The Bertz CT molecular complexity index is 545. The van der Waals surface area contributed by atoms with E-state index in [1.807, 2.05) is 4.74 Å². The van der Waals surface area contributed by atoms with Gasteiger partial charge >= 0.3 is 47.1 Å². The van der Waals surface area contributed by atoms with Gasteiger partial charge in [0.1, 0.15) is 0 Å². The van der Waals surface area contributed by atoms with E-state index in [2.05, 4.69) is 0 Å². The van der Waals surface area contributed by atoms with Gasteiger partial charge in [-0.15, -0.1) is 0 Å². The highest BCUT2D eigenvalue weighted by molar-refractivity contribution is 9.10. The lowest BCUT2D eigenvalue weighted by atomic mass is 10.2. The Kier molecular flexibility index (Phi) is 6.55. The maximum absolute atomic E-state index is 13.4. The van der Waals surface area contributed by atoms with Crippen molar-refractivity contribution in [1.29, 1.82) is 0 Å². The van der Waals surface area contributed by atoms with Crippen molar-refractivity contribution in [3.63, 3.8) is 0 Å². The molecule has 2 nitrogen and oxygen atoms in total. The second-order valence-electron chi connectivity index (χ2n) is 3.94. The van der Waals surface area contributed by atoms with Gasteiger partial charge in [-0.1, -0.05) is 0 Å². The first-order valence-corrected chi connectivity index (χ1v) is 5.88. The lowest BCUT2D eigenvalue weighted by Crippen LogP contribution is -2.65. The molecule has 0 rings (SSSR count). The van der Waals surface area contributed by atoms with Crippen LogP contribution in [0.5, 0.6) is 0 Å². The molecule has 0 aliphatic carbocycles. The molecule has 26 heavy (non-hydrogen) atoms. The molecular formula is C8BrF15O2. The standard InChI is InChI=1S/C8BrF15O2/c9-5(16,17)3(13,14)7(21,22)26-4(15,6(18,19)20)8(23,24)25-2(12)1(10)11. The van der Waals surface area contributed by atoms with E-state index in [9.17, 15) is 65.9 Å². The van der Waals surface area contributed by atoms with E-state index >= 15 is 0 Å². The van der Waals surface area contributed by atoms with Crippen LogP contribution in [-0.4, -0.2) is 35.0 Å². The number of alkyl halides is 13. The Morgan fingerprint density at radius 1 is 0.654 bits per heavy atom. The molecule has 0 aliphatic rings. The molecule has 1 atom stereocenters. The Labute approximate surface area is 139 Å². The summed E-state index contributed by atoms with van der Waals surface area (Å²) in [5.41, 5.74) is 0. The van der Waals surface area contributed by atoms with Crippen LogP contribution in [-0.2, 0) is 9.47 Å². The van der Waals surface area contributed by atoms with Crippen molar-refractivity contribution in [2.75, 3.05) is 0 Å².